The van der Waals surface area contributed by atoms with Gasteiger partial charge in [-0.05, 0) is 37.0 Å². The molecule has 5 nitrogen and oxygen atoms in total. The van der Waals surface area contributed by atoms with Crippen LogP contribution in [0.2, 0.25) is 0 Å². The highest BCUT2D eigenvalue weighted by Gasteiger charge is 2.19. The first-order chi connectivity index (χ1) is 12.3. The SMILES string of the molecule is O=c1oc2cc(OC/C(=N\O)c3ccccc3)ccc2c2c1CCC2. The molecule has 0 unspecified atom stereocenters. The fourth-order valence-electron chi connectivity index (χ4n) is 3.31. The Balaban J connectivity index is 1.60. The number of aryl methyl sites for hydroxylation is 1. The van der Waals surface area contributed by atoms with Gasteiger partial charge in [0.15, 0.2) is 0 Å². The maximum absolute atomic E-state index is 12.1. The summed E-state index contributed by atoms with van der Waals surface area (Å²) in [6.45, 7) is 0.112. The van der Waals surface area contributed by atoms with E-state index >= 15 is 0 Å². The van der Waals surface area contributed by atoms with Crippen LogP contribution in [0.5, 0.6) is 5.75 Å². The van der Waals surface area contributed by atoms with Crippen LogP contribution >= 0.6 is 0 Å². The van der Waals surface area contributed by atoms with Gasteiger partial charge in [-0.3, -0.25) is 0 Å². The fourth-order valence-corrected chi connectivity index (χ4v) is 3.31. The van der Waals surface area contributed by atoms with Crippen molar-refractivity contribution in [3.8, 4) is 5.75 Å². The van der Waals surface area contributed by atoms with E-state index in [-0.39, 0.29) is 12.2 Å². The highest BCUT2D eigenvalue weighted by Crippen LogP contribution is 2.29. The monoisotopic (exact) mass is 335 g/mol. The van der Waals surface area contributed by atoms with E-state index < -0.39 is 0 Å². The van der Waals surface area contributed by atoms with Gasteiger partial charge in [0.05, 0.1) is 0 Å². The number of benzene rings is 2. The molecule has 126 valence electrons. The van der Waals surface area contributed by atoms with E-state index in [1.54, 1.807) is 6.07 Å². The van der Waals surface area contributed by atoms with Gasteiger partial charge in [0.1, 0.15) is 23.7 Å². The smallest absolute Gasteiger partial charge is 0.339 e. The quantitative estimate of drug-likeness (QED) is 0.343. The molecule has 0 fully saturated rings. The van der Waals surface area contributed by atoms with Crippen LogP contribution in [0.4, 0.5) is 0 Å². The van der Waals surface area contributed by atoms with Gasteiger partial charge in [0, 0.05) is 22.6 Å². The first-order valence-electron chi connectivity index (χ1n) is 8.24. The van der Waals surface area contributed by atoms with Crippen molar-refractivity contribution < 1.29 is 14.4 Å². The van der Waals surface area contributed by atoms with E-state index in [9.17, 15) is 10.0 Å². The molecule has 1 aliphatic rings. The number of nitrogens with zero attached hydrogens (tertiary/aromatic N) is 1. The normalized spacial score (nSPS) is 13.8. The van der Waals surface area contributed by atoms with Crippen molar-refractivity contribution in [2.75, 3.05) is 6.61 Å². The average molecular weight is 335 g/mol. The molecule has 0 radical (unpaired) electrons. The molecule has 0 saturated heterocycles. The van der Waals surface area contributed by atoms with Crippen molar-refractivity contribution in [2.45, 2.75) is 19.3 Å². The second-order valence-electron chi connectivity index (χ2n) is 6.06. The van der Waals surface area contributed by atoms with Crippen molar-refractivity contribution >= 4 is 16.7 Å². The molecule has 0 aliphatic heterocycles. The van der Waals surface area contributed by atoms with Gasteiger partial charge in [-0.2, -0.15) is 0 Å². The highest BCUT2D eigenvalue weighted by atomic mass is 16.5. The molecule has 1 heterocycles. The number of rotatable bonds is 4. The van der Waals surface area contributed by atoms with E-state index in [1.807, 2.05) is 42.5 Å². The van der Waals surface area contributed by atoms with Crippen LogP contribution in [-0.2, 0) is 12.8 Å². The van der Waals surface area contributed by atoms with E-state index in [1.165, 1.54) is 0 Å². The maximum Gasteiger partial charge on any atom is 0.339 e. The summed E-state index contributed by atoms with van der Waals surface area (Å²) >= 11 is 0. The summed E-state index contributed by atoms with van der Waals surface area (Å²) in [5.74, 6) is 0.561. The Bertz CT molecular complexity index is 1010. The molecule has 1 aliphatic carbocycles. The zero-order valence-electron chi connectivity index (χ0n) is 13.6. The lowest BCUT2D eigenvalue weighted by molar-refractivity contribution is 0.308. The first-order valence-corrected chi connectivity index (χ1v) is 8.24. The number of hydrogen-bond donors (Lipinski definition) is 1. The number of fused-ring (bicyclic) bond motifs is 3. The predicted octanol–water partition coefficient (Wildman–Crippen LogP) is 3.54. The third-order valence-corrected chi connectivity index (χ3v) is 4.55. The summed E-state index contributed by atoms with van der Waals surface area (Å²) in [6, 6.07) is 14.8. The molecular weight excluding hydrogens is 318 g/mol. The lowest BCUT2D eigenvalue weighted by Gasteiger charge is -2.09. The lowest BCUT2D eigenvalue weighted by atomic mass is 10.1. The number of ether oxygens (including phenoxy) is 1. The zero-order chi connectivity index (χ0) is 17.2. The molecule has 2 aromatic carbocycles. The van der Waals surface area contributed by atoms with Crippen LogP contribution in [0, 0.1) is 0 Å². The van der Waals surface area contributed by atoms with Crippen molar-refractivity contribution in [3.63, 3.8) is 0 Å². The van der Waals surface area contributed by atoms with Gasteiger partial charge in [0.2, 0.25) is 0 Å². The van der Waals surface area contributed by atoms with E-state index in [0.29, 0.717) is 17.0 Å². The van der Waals surface area contributed by atoms with Gasteiger partial charge in [-0.25, -0.2) is 4.79 Å². The average Bonchev–Trinajstić information content (AvgIpc) is 3.14. The van der Waals surface area contributed by atoms with Crippen LogP contribution in [0.15, 0.2) is 62.9 Å². The molecule has 5 heteroatoms. The fraction of sp³-hybridized carbons (Fsp3) is 0.200. The summed E-state index contributed by atoms with van der Waals surface area (Å²) in [5.41, 5.74) is 3.40. The Labute approximate surface area is 144 Å². The Hall–Kier alpha value is -3.08. The van der Waals surface area contributed by atoms with Gasteiger partial charge in [-0.1, -0.05) is 35.5 Å². The van der Waals surface area contributed by atoms with Gasteiger partial charge in [-0.15, -0.1) is 0 Å². The topological polar surface area (TPSA) is 72.0 Å². The number of oxime groups is 1. The third kappa shape index (κ3) is 2.89. The van der Waals surface area contributed by atoms with Crippen molar-refractivity contribution in [1.29, 1.82) is 0 Å². The Morgan fingerprint density at radius 2 is 1.92 bits per heavy atom. The second kappa shape index (κ2) is 6.43. The summed E-state index contributed by atoms with van der Waals surface area (Å²) in [5, 5.41) is 13.5. The molecule has 0 spiro atoms. The zero-order valence-corrected chi connectivity index (χ0v) is 13.6. The van der Waals surface area contributed by atoms with Gasteiger partial charge < -0.3 is 14.4 Å². The minimum Gasteiger partial charge on any atom is -0.487 e. The lowest BCUT2D eigenvalue weighted by Crippen LogP contribution is -2.13. The van der Waals surface area contributed by atoms with Crippen LogP contribution < -0.4 is 10.4 Å². The molecule has 1 aromatic heterocycles. The molecule has 0 bridgehead atoms. The summed E-state index contributed by atoms with van der Waals surface area (Å²) in [6.07, 6.45) is 2.69. The maximum atomic E-state index is 12.1. The highest BCUT2D eigenvalue weighted by molar-refractivity contribution is 6.01. The van der Waals surface area contributed by atoms with Crippen LogP contribution in [0.1, 0.15) is 23.1 Å². The van der Waals surface area contributed by atoms with Gasteiger partial charge in [0.25, 0.3) is 0 Å². The summed E-state index contributed by atoms with van der Waals surface area (Å²) in [4.78, 5) is 12.1. The van der Waals surface area contributed by atoms with E-state index in [2.05, 4.69) is 5.16 Å². The first kappa shape index (κ1) is 15.4. The largest absolute Gasteiger partial charge is 0.487 e. The minimum atomic E-state index is -0.251. The molecule has 3 aromatic rings. The van der Waals surface area contributed by atoms with Crippen LogP contribution in [0.25, 0.3) is 11.0 Å². The molecule has 25 heavy (non-hydrogen) atoms. The van der Waals surface area contributed by atoms with E-state index in [0.717, 1.165) is 41.3 Å². The predicted molar refractivity (Wildman–Crippen MR) is 94.8 cm³/mol. The molecule has 1 N–H and O–H groups in total. The molecule has 4 rings (SSSR count). The molecule has 0 atom stereocenters. The molecule has 0 amide bonds. The second-order valence-corrected chi connectivity index (χ2v) is 6.06. The Morgan fingerprint density at radius 3 is 2.72 bits per heavy atom. The molecule has 0 saturated carbocycles. The summed E-state index contributed by atoms with van der Waals surface area (Å²) < 4.78 is 11.2. The van der Waals surface area contributed by atoms with Crippen LogP contribution in [0.3, 0.4) is 0 Å². The standard InChI is InChI=1S/C20H17NO4/c22-20-17-8-4-7-15(17)16-10-9-14(11-19(16)25-20)24-12-18(21-23)13-5-2-1-3-6-13/h1-3,5-6,9-11,23H,4,7-8,12H2/b21-18+. The van der Waals surface area contributed by atoms with Crippen molar-refractivity contribution in [3.05, 3.63) is 75.6 Å². The van der Waals surface area contributed by atoms with E-state index in [4.69, 9.17) is 9.15 Å². The van der Waals surface area contributed by atoms with Crippen molar-refractivity contribution in [1.82, 2.24) is 0 Å². The third-order valence-electron chi connectivity index (χ3n) is 4.55. The molecular formula is C20H17NO4. The van der Waals surface area contributed by atoms with Crippen LogP contribution in [-0.4, -0.2) is 17.5 Å². The summed E-state index contributed by atoms with van der Waals surface area (Å²) in [7, 11) is 0. The van der Waals surface area contributed by atoms with Crippen molar-refractivity contribution in [2.24, 2.45) is 5.16 Å². The number of hydrogen-bond acceptors (Lipinski definition) is 5. The van der Waals surface area contributed by atoms with Gasteiger partial charge >= 0.3 is 5.63 Å². The Morgan fingerprint density at radius 1 is 1.12 bits per heavy atom. The minimum absolute atomic E-state index is 0.112. The Kier molecular flexibility index (Phi) is 3.98.